The third-order valence-electron chi connectivity index (χ3n) is 4.37. The molecule has 1 aliphatic heterocycles. The Morgan fingerprint density at radius 3 is 2.14 bits per heavy atom. The lowest BCUT2D eigenvalue weighted by Gasteiger charge is -2.18. The van der Waals surface area contributed by atoms with E-state index in [0.717, 1.165) is 5.56 Å². The summed E-state index contributed by atoms with van der Waals surface area (Å²) in [6, 6.07) is 5.82. The van der Waals surface area contributed by atoms with Crippen LogP contribution in [0.1, 0.15) is 23.1 Å². The molecule has 10 heteroatoms. The van der Waals surface area contributed by atoms with Crippen molar-refractivity contribution in [1.29, 1.82) is 0 Å². The van der Waals surface area contributed by atoms with Gasteiger partial charge in [0.25, 0.3) is 0 Å². The van der Waals surface area contributed by atoms with Crippen molar-refractivity contribution >= 4 is 11.4 Å². The summed E-state index contributed by atoms with van der Waals surface area (Å²) in [5.74, 6) is -0.410. The third-order valence-corrected chi connectivity index (χ3v) is 4.37. The summed E-state index contributed by atoms with van der Waals surface area (Å²) in [7, 11) is 0. The Labute approximate surface area is 155 Å². The molecule has 0 fully saturated rings. The number of hydrogen-bond donors (Lipinski definition) is 3. The maximum Gasteiger partial charge on any atom is 0.418 e. The summed E-state index contributed by atoms with van der Waals surface area (Å²) < 4.78 is 91.4. The van der Waals surface area contributed by atoms with E-state index in [0.29, 0.717) is 12.5 Å². The molecule has 2 aromatic rings. The van der Waals surface area contributed by atoms with E-state index in [1.165, 1.54) is 24.3 Å². The first-order chi connectivity index (χ1) is 12.9. The van der Waals surface area contributed by atoms with Gasteiger partial charge in [0.1, 0.15) is 5.82 Å². The van der Waals surface area contributed by atoms with Crippen LogP contribution in [-0.2, 0) is 18.8 Å². The number of benzene rings is 2. The standard InChI is InChI=1S/C18H16F7N3/c19-11-3-1-9(2-4-11)5-12(26)8-15-27-14-7-10(17(20,21)22)6-13(16(14)28-15)18(23,24)25/h1-4,6-7,12,15,27-28H,5,8,26H2. The maximum atomic E-state index is 13.2. The average Bonchev–Trinajstić information content (AvgIpc) is 2.96. The molecular weight excluding hydrogens is 391 g/mol. The van der Waals surface area contributed by atoms with E-state index in [2.05, 4.69) is 10.6 Å². The quantitative estimate of drug-likeness (QED) is 0.626. The van der Waals surface area contributed by atoms with Crippen molar-refractivity contribution in [3.8, 4) is 0 Å². The molecule has 0 amide bonds. The molecule has 2 atom stereocenters. The van der Waals surface area contributed by atoms with Gasteiger partial charge in [-0.2, -0.15) is 26.3 Å². The Bertz CT molecular complexity index is 844. The smallest absolute Gasteiger partial charge is 0.364 e. The van der Waals surface area contributed by atoms with E-state index < -0.39 is 47.2 Å². The first kappa shape index (κ1) is 20.2. The Hall–Kier alpha value is -2.49. The first-order valence-electron chi connectivity index (χ1n) is 8.29. The number of alkyl halides is 6. The number of hydrogen-bond acceptors (Lipinski definition) is 3. The van der Waals surface area contributed by atoms with E-state index in [1.54, 1.807) is 0 Å². The number of anilines is 2. The monoisotopic (exact) mass is 407 g/mol. The maximum absolute atomic E-state index is 13.2. The van der Waals surface area contributed by atoms with Gasteiger partial charge in [0.05, 0.1) is 28.7 Å². The van der Waals surface area contributed by atoms with Crippen molar-refractivity contribution in [2.45, 2.75) is 37.4 Å². The fourth-order valence-corrected chi connectivity index (χ4v) is 3.12. The van der Waals surface area contributed by atoms with Crippen LogP contribution < -0.4 is 16.4 Å². The van der Waals surface area contributed by atoms with Gasteiger partial charge in [0, 0.05) is 12.5 Å². The molecule has 2 unspecified atom stereocenters. The molecule has 0 saturated carbocycles. The Morgan fingerprint density at radius 1 is 0.929 bits per heavy atom. The molecule has 0 spiro atoms. The van der Waals surface area contributed by atoms with Crippen molar-refractivity contribution in [1.82, 2.24) is 0 Å². The minimum Gasteiger partial charge on any atom is -0.364 e. The van der Waals surface area contributed by atoms with Crippen LogP contribution in [0.5, 0.6) is 0 Å². The molecule has 28 heavy (non-hydrogen) atoms. The van der Waals surface area contributed by atoms with Crippen LogP contribution in [0.25, 0.3) is 0 Å². The van der Waals surface area contributed by atoms with E-state index in [1.807, 2.05) is 0 Å². The average molecular weight is 407 g/mol. The second-order valence-corrected chi connectivity index (χ2v) is 6.61. The zero-order valence-electron chi connectivity index (χ0n) is 14.3. The molecule has 0 aromatic heterocycles. The summed E-state index contributed by atoms with van der Waals surface area (Å²) in [6.07, 6.45) is -10.2. The lowest BCUT2D eigenvalue weighted by molar-refractivity contribution is -0.142. The summed E-state index contributed by atoms with van der Waals surface area (Å²) in [5, 5.41) is 5.21. The van der Waals surface area contributed by atoms with E-state index in [-0.39, 0.29) is 18.2 Å². The number of halogens is 7. The van der Waals surface area contributed by atoms with Gasteiger partial charge in [0.15, 0.2) is 0 Å². The van der Waals surface area contributed by atoms with Gasteiger partial charge in [-0.25, -0.2) is 4.39 Å². The predicted octanol–water partition coefficient (Wildman–Crippen LogP) is 4.99. The molecule has 4 N–H and O–H groups in total. The van der Waals surface area contributed by atoms with Crippen molar-refractivity contribution in [2.24, 2.45) is 5.73 Å². The number of rotatable bonds is 4. The number of fused-ring (bicyclic) bond motifs is 1. The highest BCUT2D eigenvalue weighted by Crippen LogP contribution is 2.45. The minimum atomic E-state index is -4.95. The summed E-state index contributed by atoms with van der Waals surface area (Å²) in [4.78, 5) is 0. The van der Waals surface area contributed by atoms with Crippen LogP contribution in [0.4, 0.5) is 42.1 Å². The molecule has 0 radical (unpaired) electrons. The molecule has 1 aliphatic rings. The topological polar surface area (TPSA) is 50.1 Å². The Kier molecular flexibility index (Phi) is 5.18. The molecular formula is C18H16F7N3. The second-order valence-electron chi connectivity index (χ2n) is 6.61. The van der Waals surface area contributed by atoms with Crippen LogP contribution >= 0.6 is 0 Å². The fourth-order valence-electron chi connectivity index (χ4n) is 3.12. The Balaban J connectivity index is 1.77. The molecule has 3 rings (SSSR count). The lowest BCUT2D eigenvalue weighted by atomic mass is 10.0. The molecule has 3 nitrogen and oxygen atoms in total. The highest BCUT2D eigenvalue weighted by atomic mass is 19.4. The summed E-state index contributed by atoms with van der Waals surface area (Å²) in [5.41, 5.74) is 3.26. The second kappa shape index (κ2) is 7.16. The Morgan fingerprint density at radius 2 is 1.57 bits per heavy atom. The van der Waals surface area contributed by atoms with Crippen LogP contribution in [0.3, 0.4) is 0 Å². The van der Waals surface area contributed by atoms with Gasteiger partial charge in [-0.3, -0.25) is 0 Å². The van der Waals surface area contributed by atoms with Crippen LogP contribution in [0.2, 0.25) is 0 Å². The van der Waals surface area contributed by atoms with Crippen LogP contribution in [0, 0.1) is 5.82 Å². The van der Waals surface area contributed by atoms with Crippen LogP contribution in [0.15, 0.2) is 36.4 Å². The predicted molar refractivity (Wildman–Crippen MR) is 90.2 cm³/mol. The zero-order valence-corrected chi connectivity index (χ0v) is 14.3. The van der Waals surface area contributed by atoms with Gasteiger partial charge in [0.2, 0.25) is 0 Å². The summed E-state index contributed by atoms with van der Waals surface area (Å²) >= 11 is 0. The number of nitrogens with one attached hydrogen (secondary N) is 2. The third kappa shape index (κ3) is 4.49. The van der Waals surface area contributed by atoms with Crippen molar-refractivity contribution in [2.75, 3.05) is 10.6 Å². The van der Waals surface area contributed by atoms with Crippen LogP contribution in [-0.4, -0.2) is 12.2 Å². The largest absolute Gasteiger partial charge is 0.418 e. The first-order valence-corrected chi connectivity index (χ1v) is 8.29. The molecule has 152 valence electrons. The van der Waals surface area contributed by atoms with Gasteiger partial charge in [-0.05, 0) is 36.2 Å². The highest BCUT2D eigenvalue weighted by molar-refractivity contribution is 5.79. The molecule has 0 aliphatic carbocycles. The molecule has 0 saturated heterocycles. The van der Waals surface area contributed by atoms with Crippen molar-refractivity contribution < 1.29 is 30.7 Å². The molecule has 2 aromatic carbocycles. The molecule has 1 heterocycles. The number of nitrogens with two attached hydrogens (primary N) is 1. The van der Waals surface area contributed by atoms with E-state index in [4.69, 9.17) is 5.73 Å². The van der Waals surface area contributed by atoms with Crippen molar-refractivity contribution in [3.05, 3.63) is 58.9 Å². The lowest BCUT2D eigenvalue weighted by Crippen LogP contribution is -2.34. The van der Waals surface area contributed by atoms with Gasteiger partial charge < -0.3 is 16.4 Å². The van der Waals surface area contributed by atoms with Gasteiger partial charge in [-0.1, -0.05) is 12.1 Å². The molecule has 0 bridgehead atoms. The van der Waals surface area contributed by atoms with Crippen molar-refractivity contribution in [3.63, 3.8) is 0 Å². The normalized spacial score (nSPS) is 17.6. The SMILES string of the molecule is NC(Cc1ccc(F)cc1)CC1Nc2cc(C(F)(F)F)cc(C(F)(F)F)c2N1. The van der Waals surface area contributed by atoms with Gasteiger partial charge in [-0.15, -0.1) is 0 Å². The highest BCUT2D eigenvalue weighted by Gasteiger charge is 2.41. The minimum absolute atomic E-state index is 0.0916. The van der Waals surface area contributed by atoms with E-state index in [9.17, 15) is 30.7 Å². The fraction of sp³-hybridized carbons (Fsp3) is 0.333. The van der Waals surface area contributed by atoms with Gasteiger partial charge >= 0.3 is 12.4 Å². The summed E-state index contributed by atoms with van der Waals surface area (Å²) in [6.45, 7) is 0. The van der Waals surface area contributed by atoms with E-state index >= 15 is 0 Å². The zero-order chi connectivity index (χ0) is 20.7.